The molecule has 26 heavy (non-hydrogen) atoms. The van der Waals surface area contributed by atoms with Gasteiger partial charge in [0.1, 0.15) is 0 Å². The van der Waals surface area contributed by atoms with Gasteiger partial charge >= 0.3 is 0 Å². The number of nitrogens with zero attached hydrogens (tertiary/aromatic N) is 2. The van der Waals surface area contributed by atoms with E-state index in [4.69, 9.17) is 0 Å². The molecule has 138 valence electrons. The van der Waals surface area contributed by atoms with Crippen LogP contribution in [-0.2, 0) is 14.6 Å². The van der Waals surface area contributed by atoms with Crippen molar-refractivity contribution in [1.82, 2.24) is 9.88 Å². The van der Waals surface area contributed by atoms with E-state index >= 15 is 0 Å². The van der Waals surface area contributed by atoms with Crippen molar-refractivity contribution >= 4 is 32.3 Å². The van der Waals surface area contributed by atoms with Gasteiger partial charge in [0.2, 0.25) is 5.91 Å². The first kappa shape index (κ1) is 17.4. The first-order chi connectivity index (χ1) is 12.5. The van der Waals surface area contributed by atoms with Gasteiger partial charge in [-0.3, -0.25) is 14.7 Å². The number of para-hydroxylation sites is 1. The summed E-state index contributed by atoms with van der Waals surface area (Å²) >= 11 is 0. The molecule has 0 radical (unpaired) electrons. The van der Waals surface area contributed by atoms with Crippen LogP contribution in [-0.4, -0.2) is 54.8 Å². The zero-order chi connectivity index (χ0) is 18.1. The maximum atomic E-state index is 12.7. The smallest absolute Gasteiger partial charge is 0.227 e. The predicted octanol–water partition coefficient (Wildman–Crippen LogP) is 2.07. The Balaban J connectivity index is 1.38. The van der Waals surface area contributed by atoms with Gasteiger partial charge in [0, 0.05) is 23.5 Å². The van der Waals surface area contributed by atoms with Gasteiger partial charge in [-0.15, -0.1) is 0 Å². The molecule has 2 fully saturated rings. The highest BCUT2D eigenvalue weighted by Crippen LogP contribution is 2.26. The highest BCUT2D eigenvalue weighted by molar-refractivity contribution is 7.91. The fourth-order valence-corrected chi connectivity index (χ4v) is 5.79. The van der Waals surface area contributed by atoms with Crippen LogP contribution in [0.2, 0.25) is 0 Å². The number of sulfone groups is 1. The van der Waals surface area contributed by atoms with E-state index in [1.54, 1.807) is 6.20 Å². The highest BCUT2D eigenvalue weighted by atomic mass is 32.2. The maximum Gasteiger partial charge on any atom is 0.227 e. The van der Waals surface area contributed by atoms with Crippen LogP contribution in [0.3, 0.4) is 0 Å². The molecule has 1 aromatic carbocycles. The van der Waals surface area contributed by atoms with Gasteiger partial charge in [0.05, 0.1) is 22.7 Å². The molecule has 1 aromatic heterocycles. The lowest BCUT2D eigenvalue weighted by molar-refractivity contribution is -0.121. The zero-order valence-corrected chi connectivity index (χ0v) is 15.4. The minimum atomic E-state index is -2.86. The number of hydrogen-bond donors (Lipinski definition) is 1. The van der Waals surface area contributed by atoms with Crippen molar-refractivity contribution in [1.29, 1.82) is 0 Å². The fourth-order valence-electron chi connectivity index (χ4n) is 4.03. The summed E-state index contributed by atoms with van der Waals surface area (Å²) in [4.78, 5) is 19.3. The normalized spacial score (nSPS) is 23.9. The third-order valence-corrected chi connectivity index (χ3v) is 7.27. The summed E-state index contributed by atoms with van der Waals surface area (Å²) in [5, 5.41) is 4.04. The number of benzene rings is 1. The number of carbonyl (C=O) groups is 1. The molecule has 1 amide bonds. The molecule has 0 saturated carbocycles. The summed E-state index contributed by atoms with van der Waals surface area (Å²) < 4.78 is 23.3. The molecule has 0 spiro atoms. The summed E-state index contributed by atoms with van der Waals surface area (Å²) in [5.74, 6) is 0.558. The highest BCUT2D eigenvalue weighted by Gasteiger charge is 2.35. The first-order valence-corrected chi connectivity index (χ1v) is 10.9. The van der Waals surface area contributed by atoms with Crippen LogP contribution in [0, 0.1) is 5.92 Å². The van der Waals surface area contributed by atoms with E-state index in [1.807, 2.05) is 30.3 Å². The van der Waals surface area contributed by atoms with E-state index in [9.17, 15) is 13.2 Å². The second kappa shape index (κ2) is 6.96. The van der Waals surface area contributed by atoms with Gasteiger partial charge in [-0.05, 0) is 44.5 Å². The van der Waals surface area contributed by atoms with Crippen molar-refractivity contribution in [3.8, 4) is 0 Å². The minimum absolute atomic E-state index is 0.0295. The van der Waals surface area contributed by atoms with Crippen molar-refractivity contribution in [2.75, 3.05) is 29.9 Å². The molecular weight excluding hydrogens is 350 g/mol. The van der Waals surface area contributed by atoms with E-state index in [0.717, 1.165) is 48.9 Å². The van der Waals surface area contributed by atoms with Crippen LogP contribution in [0.25, 0.3) is 10.9 Å². The summed E-state index contributed by atoms with van der Waals surface area (Å²) in [6.07, 6.45) is 3.98. The Bertz CT molecular complexity index is 915. The minimum Gasteiger partial charge on any atom is -0.324 e. The molecule has 1 N–H and O–H groups in total. The summed E-state index contributed by atoms with van der Waals surface area (Å²) in [6, 6.07) is 9.77. The maximum absolute atomic E-state index is 12.7. The van der Waals surface area contributed by atoms with E-state index in [1.165, 1.54) is 0 Å². The molecule has 0 aliphatic carbocycles. The Labute approximate surface area is 153 Å². The van der Waals surface area contributed by atoms with Crippen molar-refractivity contribution in [3.63, 3.8) is 0 Å². The number of likely N-dealkylation sites (tertiary alicyclic amines) is 1. The number of piperidine rings is 1. The van der Waals surface area contributed by atoms with Crippen molar-refractivity contribution in [2.24, 2.45) is 5.92 Å². The molecule has 3 heterocycles. The zero-order valence-electron chi connectivity index (χ0n) is 14.6. The number of pyridine rings is 1. The average molecular weight is 373 g/mol. The van der Waals surface area contributed by atoms with Gasteiger partial charge in [-0.2, -0.15) is 0 Å². The Morgan fingerprint density at radius 3 is 2.62 bits per heavy atom. The van der Waals surface area contributed by atoms with Gasteiger partial charge < -0.3 is 5.32 Å². The molecule has 1 unspecified atom stereocenters. The Kier molecular flexibility index (Phi) is 4.67. The number of hydrogen-bond acceptors (Lipinski definition) is 5. The number of anilines is 1. The third-order valence-electron chi connectivity index (χ3n) is 5.52. The molecule has 2 aliphatic rings. The Hall–Kier alpha value is -1.99. The number of rotatable bonds is 3. The first-order valence-electron chi connectivity index (χ1n) is 9.11. The van der Waals surface area contributed by atoms with Crippen LogP contribution < -0.4 is 5.32 Å². The van der Waals surface area contributed by atoms with Crippen molar-refractivity contribution < 1.29 is 13.2 Å². The molecule has 2 aliphatic heterocycles. The van der Waals surface area contributed by atoms with Gasteiger partial charge in [0.25, 0.3) is 0 Å². The number of carbonyl (C=O) groups excluding carboxylic acids is 1. The van der Waals surface area contributed by atoms with Gasteiger partial charge in [-0.1, -0.05) is 18.2 Å². The average Bonchev–Trinajstić information content (AvgIpc) is 3.02. The van der Waals surface area contributed by atoms with Crippen molar-refractivity contribution in [2.45, 2.75) is 25.3 Å². The second-order valence-electron chi connectivity index (χ2n) is 7.24. The van der Waals surface area contributed by atoms with E-state index in [0.29, 0.717) is 5.75 Å². The molecule has 6 nitrogen and oxygen atoms in total. The molecule has 1 atom stereocenters. The number of nitrogens with one attached hydrogen (secondary N) is 1. The number of aromatic nitrogens is 1. The Morgan fingerprint density at radius 2 is 1.88 bits per heavy atom. The molecular formula is C19H23N3O3S. The van der Waals surface area contributed by atoms with Crippen LogP contribution in [0.4, 0.5) is 5.69 Å². The third kappa shape index (κ3) is 3.59. The summed E-state index contributed by atoms with van der Waals surface area (Å²) in [6.45, 7) is 1.57. The van der Waals surface area contributed by atoms with Crippen LogP contribution in [0.1, 0.15) is 19.3 Å². The summed E-state index contributed by atoms with van der Waals surface area (Å²) in [7, 11) is -2.86. The van der Waals surface area contributed by atoms with Crippen LogP contribution in [0.15, 0.2) is 36.5 Å². The Morgan fingerprint density at radius 1 is 1.12 bits per heavy atom. The van der Waals surface area contributed by atoms with E-state index < -0.39 is 9.84 Å². The second-order valence-corrected chi connectivity index (χ2v) is 9.47. The molecule has 2 aromatic rings. The largest absolute Gasteiger partial charge is 0.324 e. The topological polar surface area (TPSA) is 79.4 Å². The summed E-state index contributed by atoms with van der Waals surface area (Å²) in [5.41, 5.74) is 1.55. The van der Waals surface area contributed by atoms with Crippen LogP contribution in [0.5, 0.6) is 0 Å². The predicted molar refractivity (Wildman–Crippen MR) is 102 cm³/mol. The lowest BCUT2D eigenvalue weighted by Crippen LogP contribution is -2.44. The van der Waals surface area contributed by atoms with Gasteiger partial charge in [-0.25, -0.2) is 8.42 Å². The lowest BCUT2D eigenvalue weighted by Gasteiger charge is -2.34. The monoisotopic (exact) mass is 373 g/mol. The number of amides is 1. The SMILES string of the molecule is O=C(Nc1cccc2cccnc12)C1CCN(C2CCS(=O)(=O)C2)CC1. The standard InChI is InChI=1S/C19H23N3O3S/c23-19(21-17-5-1-3-14-4-2-9-20-18(14)17)15-6-10-22(11-7-15)16-8-12-26(24,25)13-16/h1-5,9,15-16H,6-8,10-13H2,(H,21,23). The number of fused-ring (bicyclic) bond motifs is 1. The molecule has 4 rings (SSSR count). The van der Waals surface area contributed by atoms with E-state index in [-0.39, 0.29) is 23.6 Å². The lowest BCUT2D eigenvalue weighted by atomic mass is 9.94. The fraction of sp³-hybridized carbons (Fsp3) is 0.474. The quantitative estimate of drug-likeness (QED) is 0.891. The van der Waals surface area contributed by atoms with Gasteiger partial charge in [0.15, 0.2) is 9.84 Å². The molecule has 7 heteroatoms. The van der Waals surface area contributed by atoms with Crippen LogP contribution >= 0.6 is 0 Å². The molecule has 2 saturated heterocycles. The molecule has 0 bridgehead atoms. The van der Waals surface area contributed by atoms with Crippen molar-refractivity contribution in [3.05, 3.63) is 36.5 Å². The van der Waals surface area contributed by atoms with E-state index in [2.05, 4.69) is 15.2 Å².